The number of carbonyl (C=O) groups excluding carboxylic acids is 1. The summed E-state index contributed by atoms with van der Waals surface area (Å²) in [6, 6.07) is 16.9. The number of carbonyl (C=O) groups is 1. The molecule has 2 saturated heterocycles. The van der Waals surface area contributed by atoms with Crippen molar-refractivity contribution < 1.29 is 9.53 Å². The highest BCUT2D eigenvalue weighted by Crippen LogP contribution is 2.38. The van der Waals surface area contributed by atoms with Gasteiger partial charge in [-0.2, -0.15) is 0 Å². The lowest BCUT2D eigenvalue weighted by atomic mass is 9.81. The van der Waals surface area contributed by atoms with E-state index in [4.69, 9.17) is 10.6 Å². The number of rotatable bonds is 5. The Kier molecular flexibility index (Phi) is 5.64. The van der Waals surface area contributed by atoms with Gasteiger partial charge in [-0.15, -0.1) is 0 Å². The Morgan fingerprint density at radius 2 is 1.93 bits per heavy atom. The van der Waals surface area contributed by atoms with Crippen LogP contribution in [-0.4, -0.2) is 31.1 Å². The Hall–Kier alpha value is -2.37. The van der Waals surface area contributed by atoms with Crippen molar-refractivity contribution in [3.8, 4) is 5.75 Å². The molecule has 0 radical (unpaired) electrons. The van der Waals surface area contributed by atoms with Gasteiger partial charge in [0.25, 0.3) is 0 Å². The monoisotopic (exact) mass is 379 g/mol. The lowest BCUT2D eigenvalue weighted by Crippen LogP contribution is -2.44. The van der Waals surface area contributed by atoms with Crippen molar-refractivity contribution in [2.45, 2.75) is 38.1 Å². The van der Waals surface area contributed by atoms with E-state index in [1.54, 1.807) is 7.11 Å². The molecule has 0 unspecified atom stereocenters. The number of anilines is 1. The zero-order chi connectivity index (χ0) is 19.5. The van der Waals surface area contributed by atoms with E-state index < -0.39 is 0 Å². The maximum Gasteiger partial charge on any atom is 0.227 e. The van der Waals surface area contributed by atoms with Crippen LogP contribution in [0.5, 0.6) is 5.75 Å². The maximum absolute atomic E-state index is 12.2. The molecule has 5 nitrogen and oxygen atoms in total. The molecule has 0 aliphatic carbocycles. The fourth-order valence-electron chi connectivity index (χ4n) is 4.73. The summed E-state index contributed by atoms with van der Waals surface area (Å²) in [4.78, 5) is 14.1. The summed E-state index contributed by atoms with van der Waals surface area (Å²) in [5.41, 5.74) is 3.40. The average molecular weight is 380 g/mol. The molecule has 2 aromatic carbocycles. The topological polar surface area (TPSA) is 58.8 Å². The summed E-state index contributed by atoms with van der Waals surface area (Å²) in [5, 5.41) is 1.99. The summed E-state index contributed by atoms with van der Waals surface area (Å²) < 4.78 is 5.65. The number of hydrazine groups is 1. The van der Waals surface area contributed by atoms with Crippen molar-refractivity contribution in [2.75, 3.05) is 25.1 Å². The SMILES string of the molecule is COc1ccc(N2CCCC2=O)cc1C[C@@H]1CCCN(N)[C@@H]1c1ccccc1. The second kappa shape index (κ2) is 8.33. The summed E-state index contributed by atoms with van der Waals surface area (Å²) in [6.45, 7) is 1.72. The Morgan fingerprint density at radius 3 is 2.64 bits per heavy atom. The zero-order valence-electron chi connectivity index (χ0n) is 16.5. The van der Waals surface area contributed by atoms with Gasteiger partial charge in [0.1, 0.15) is 5.75 Å². The third-order valence-electron chi connectivity index (χ3n) is 6.07. The number of nitrogens with two attached hydrogens (primary N) is 1. The van der Waals surface area contributed by atoms with Crippen LogP contribution in [-0.2, 0) is 11.2 Å². The van der Waals surface area contributed by atoms with Crippen LogP contribution in [0.4, 0.5) is 5.69 Å². The van der Waals surface area contributed by atoms with E-state index in [-0.39, 0.29) is 11.9 Å². The molecule has 2 N–H and O–H groups in total. The van der Waals surface area contributed by atoms with Gasteiger partial charge in [-0.25, -0.2) is 5.01 Å². The van der Waals surface area contributed by atoms with Gasteiger partial charge in [-0.1, -0.05) is 30.3 Å². The summed E-state index contributed by atoms with van der Waals surface area (Å²) >= 11 is 0. The third-order valence-corrected chi connectivity index (χ3v) is 6.07. The Labute approximate surface area is 167 Å². The molecule has 0 spiro atoms. The molecule has 2 aliphatic rings. The average Bonchev–Trinajstić information content (AvgIpc) is 3.15. The van der Waals surface area contributed by atoms with Crippen molar-refractivity contribution >= 4 is 11.6 Å². The summed E-state index contributed by atoms with van der Waals surface area (Å²) in [7, 11) is 1.71. The highest BCUT2D eigenvalue weighted by atomic mass is 16.5. The van der Waals surface area contributed by atoms with Crippen LogP contribution < -0.4 is 15.5 Å². The van der Waals surface area contributed by atoms with Crippen LogP contribution >= 0.6 is 0 Å². The van der Waals surface area contributed by atoms with E-state index in [1.807, 2.05) is 28.1 Å². The van der Waals surface area contributed by atoms with E-state index in [0.717, 1.165) is 55.8 Å². The number of amides is 1. The smallest absolute Gasteiger partial charge is 0.227 e. The lowest BCUT2D eigenvalue weighted by molar-refractivity contribution is -0.117. The third kappa shape index (κ3) is 3.77. The summed E-state index contributed by atoms with van der Waals surface area (Å²) in [5.74, 6) is 7.92. The van der Waals surface area contributed by atoms with Crippen LogP contribution in [0, 0.1) is 5.92 Å². The number of ether oxygens (including phenoxy) is 1. The Bertz CT molecular complexity index is 824. The van der Waals surface area contributed by atoms with Crippen LogP contribution in [0.2, 0.25) is 0 Å². The van der Waals surface area contributed by atoms with E-state index in [0.29, 0.717) is 12.3 Å². The minimum Gasteiger partial charge on any atom is -0.496 e. The molecule has 4 rings (SSSR count). The van der Waals surface area contributed by atoms with Crippen molar-refractivity contribution in [3.05, 3.63) is 59.7 Å². The van der Waals surface area contributed by atoms with Gasteiger partial charge in [0.15, 0.2) is 0 Å². The largest absolute Gasteiger partial charge is 0.496 e. The first-order valence-corrected chi connectivity index (χ1v) is 10.2. The van der Waals surface area contributed by atoms with Crippen molar-refractivity contribution in [3.63, 3.8) is 0 Å². The van der Waals surface area contributed by atoms with Gasteiger partial charge >= 0.3 is 0 Å². The van der Waals surface area contributed by atoms with Gasteiger partial charge in [0, 0.05) is 25.2 Å². The minimum atomic E-state index is 0.191. The standard InChI is InChI=1S/C23H29N3O2/c1-28-21-12-11-20(25-13-6-10-22(25)27)16-19(21)15-18-9-5-14-26(24)23(18)17-7-3-2-4-8-17/h2-4,7-8,11-12,16,18,23H,5-6,9-10,13-15,24H2,1H3/t18-,23+/m0/s1. The first-order valence-electron chi connectivity index (χ1n) is 10.2. The number of piperidine rings is 1. The molecule has 28 heavy (non-hydrogen) atoms. The zero-order valence-corrected chi connectivity index (χ0v) is 16.5. The Morgan fingerprint density at radius 1 is 1.11 bits per heavy atom. The first-order chi connectivity index (χ1) is 13.7. The lowest BCUT2D eigenvalue weighted by Gasteiger charge is -2.39. The van der Waals surface area contributed by atoms with Crippen LogP contribution in [0.25, 0.3) is 0 Å². The molecular formula is C23H29N3O2. The van der Waals surface area contributed by atoms with Crippen LogP contribution in [0.3, 0.4) is 0 Å². The second-order valence-corrected chi connectivity index (χ2v) is 7.84. The number of nitrogens with zero attached hydrogens (tertiary/aromatic N) is 2. The molecule has 1 amide bonds. The van der Waals surface area contributed by atoms with Crippen LogP contribution in [0.1, 0.15) is 42.9 Å². The van der Waals surface area contributed by atoms with E-state index >= 15 is 0 Å². The molecule has 0 saturated carbocycles. The van der Waals surface area contributed by atoms with E-state index in [2.05, 4.69) is 30.3 Å². The molecule has 148 valence electrons. The predicted octanol–water partition coefficient (Wildman–Crippen LogP) is 3.69. The number of hydrogen-bond donors (Lipinski definition) is 1. The highest BCUT2D eigenvalue weighted by molar-refractivity contribution is 5.95. The van der Waals surface area contributed by atoms with Gasteiger partial charge in [0.2, 0.25) is 5.91 Å². The van der Waals surface area contributed by atoms with Crippen LogP contribution in [0.15, 0.2) is 48.5 Å². The highest BCUT2D eigenvalue weighted by Gasteiger charge is 2.32. The maximum atomic E-state index is 12.2. The second-order valence-electron chi connectivity index (χ2n) is 7.84. The predicted molar refractivity (Wildman–Crippen MR) is 111 cm³/mol. The molecule has 2 fully saturated rings. The van der Waals surface area contributed by atoms with Gasteiger partial charge in [-0.3, -0.25) is 10.6 Å². The molecule has 5 heteroatoms. The van der Waals surface area contributed by atoms with Gasteiger partial charge in [0.05, 0.1) is 13.2 Å². The quantitative estimate of drug-likeness (QED) is 0.805. The number of benzene rings is 2. The first kappa shape index (κ1) is 19.0. The van der Waals surface area contributed by atoms with Crippen molar-refractivity contribution in [2.24, 2.45) is 11.8 Å². The van der Waals surface area contributed by atoms with Gasteiger partial charge in [-0.05, 0) is 60.9 Å². The molecular weight excluding hydrogens is 350 g/mol. The minimum absolute atomic E-state index is 0.191. The molecule has 2 aromatic rings. The fourth-order valence-corrected chi connectivity index (χ4v) is 4.73. The normalized spacial score (nSPS) is 23.2. The number of methoxy groups -OCH3 is 1. The van der Waals surface area contributed by atoms with Crippen molar-refractivity contribution in [1.29, 1.82) is 0 Å². The molecule has 2 atom stereocenters. The number of hydrogen-bond acceptors (Lipinski definition) is 4. The van der Waals surface area contributed by atoms with E-state index in [9.17, 15) is 4.79 Å². The fraction of sp³-hybridized carbons (Fsp3) is 0.435. The molecule has 2 heterocycles. The molecule has 0 aromatic heterocycles. The summed E-state index contributed by atoms with van der Waals surface area (Å²) in [6.07, 6.45) is 4.68. The van der Waals surface area contributed by atoms with Gasteiger partial charge < -0.3 is 9.64 Å². The molecule has 0 bridgehead atoms. The van der Waals surface area contributed by atoms with E-state index in [1.165, 1.54) is 5.56 Å². The Balaban J connectivity index is 1.63. The molecule has 2 aliphatic heterocycles. The van der Waals surface area contributed by atoms with Crippen molar-refractivity contribution in [1.82, 2.24) is 5.01 Å².